The molecular weight excluding hydrogens is 372 g/mol. The first-order valence-electron chi connectivity index (χ1n) is 9.02. The molecule has 8 nitrogen and oxygen atoms in total. The van der Waals surface area contributed by atoms with Crippen molar-refractivity contribution in [3.05, 3.63) is 54.4 Å². The lowest BCUT2D eigenvalue weighted by Crippen LogP contribution is -2.10. The van der Waals surface area contributed by atoms with E-state index in [4.69, 9.17) is 24.7 Å². The molecule has 1 heterocycles. The van der Waals surface area contributed by atoms with E-state index in [1.54, 1.807) is 33.5 Å². The van der Waals surface area contributed by atoms with Crippen LogP contribution in [0.25, 0.3) is 0 Å². The largest absolute Gasteiger partial charge is 0.493 e. The van der Waals surface area contributed by atoms with Gasteiger partial charge in [-0.3, -0.25) is 0 Å². The molecular formula is C21H24N4O4. The smallest absolute Gasteiger partial charge is 0.248 e. The van der Waals surface area contributed by atoms with E-state index in [2.05, 4.69) is 15.3 Å². The third kappa shape index (κ3) is 4.78. The maximum atomic E-state index is 6.20. The number of methoxy groups -OCH3 is 3. The van der Waals surface area contributed by atoms with E-state index >= 15 is 0 Å². The lowest BCUT2D eigenvalue weighted by Gasteiger charge is -2.13. The van der Waals surface area contributed by atoms with Gasteiger partial charge in [0.2, 0.25) is 5.88 Å². The Balaban J connectivity index is 1.67. The maximum absolute atomic E-state index is 6.20. The second-order valence-corrected chi connectivity index (χ2v) is 6.06. The third-order valence-corrected chi connectivity index (χ3v) is 4.28. The van der Waals surface area contributed by atoms with Gasteiger partial charge in [0.05, 0.1) is 21.3 Å². The summed E-state index contributed by atoms with van der Waals surface area (Å²) in [6.45, 7) is 0.616. The molecule has 0 radical (unpaired) electrons. The molecule has 0 atom stereocenters. The number of para-hydroxylation sites is 2. The predicted molar refractivity (Wildman–Crippen MR) is 111 cm³/mol. The highest BCUT2D eigenvalue weighted by atomic mass is 16.5. The number of nitrogens with zero attached hydrogens (tertiary/aromatic N) is 2. The standard InChI is InChI=1S/C21H24N4O4/c1-26-15-6-4-5-7-17(15)29-21-19(22)20(24-13-25-21)23-11-10-14-8-9-16(27-2)18(12-14)28-3/h4-9,12-13H,10-11,22H2,1-3H3,(H,23,24,25). The summed E-state index contributed by atoms with van der Waals surface area (Å²) in [5.41, 5.74) is 7.61. The van der Waals surface area contributed by atoms with Crippen LogP contribution in [0, 0.1) is 0 Å². The average Bonchev–Trinajstić information content (AvgIpc) is 2.76. The summed E-state index contributed by atoms with van der Waals surface area (Å²) < 4.78 is 21.7. The number of ether oxygens (including phenoxy) is 4. The Labute approximate surface area is 169 Å². The van der Waals surface area contributed by atoms with Crippen LogP contribution >= 0.6 is 0 Å². The summed E-state index contributed by atoms with van der Waals surface area (Å²) in [6.07, 6.45) is 2.15. The van der Waals surface area contributed by atoms with E-state index in [9.17, 15) is 0 Å². The van der Waals surface area contributed by atoms with E-state index in [0.29, 0.717) is 41.0 Å². The fourth-order valence-corrected chi connectivity index (χ4v) is 2.77. The first kappa shape index (κ1) is 20.1. The molecule has 0 saturated heterocycles. The Kier molecular flexibility index (Phi) is 6.57. The van der Waals surface area contributed by atoms with Gasteiger partial charge in [-0.25, -0.2) is 4.98 Å². The van der Waals surface area contributed by atoms with Crippen LogP contribution in [0.4, 0.5) is 11.5 Å². The number of anilines is 2. The van der Waals surface area contributed by atoms with Crippen molar-refractivity contribution in [1.82, 2.24) is 9.97 Å². The molecule has 0 unspecified atom stereocenters. The molecule has 3 N–H and O–H groups in total. The number of nitrogens with one attached hydrogen (secondary N) is 1. The molecule has 29 heavy (non-hydrogen) atoms. The zero-order valence-corrected chi connectivity index (χ0v) is 16.6. The van der Waals surface area contributed by atoms with E-state index in [1.807, 2.05) is 30.3 Å². The predicted octanol–water partition coefficient (Wildman–Crippen LogP) is 3.53. The van der Waals surface area contributed by atoms with E-state index in [-0.39, 0.29) is 5.88 Å². The van der Waals surface area contributed by atoms with Crippen LogP contribution in [-0.4, -0.2) is 37.8 Å². The van der Waals surface area contributed by atoms with Crippen molar-refractivity contribution in [2.75, 3.05) is 38.9 Å². The fraction of sp³-hybridized carbons (Fsp3) is 0.238. The molecule has 0 saturated carbocycles. The molecule has 0 amide bonds. The summed E-state index contributed by atoms with van der Waals surface area (Å²) in [5.74, 6) is 3.27. The average molecular weight is 396 g/mol. The van der Waals surface area contributed by atoms with Gasteiger partial charge >= 0.3 is 0 Å². The van der Waals surface area contributed by atoms with Crippen LogP contribution in [0.5, 0.6) is 28.9 Å². The van der Waals surface area contributed by atoms with E-state index in [0.717, 1.165) is 12.0 Å². The Morgan fingerprint density at radius 2 is 1.55 bits per heavy atom. The first-order chi connectivity index (χ1) is 14.2. The van der Waals surface area contributed by atoms with Crippen molar-refractivity contribution in [2.24, 2.45) is 0 Å². The summed E-state index contributed by atoms with van der Waals surface area (Å²) in [7, 11) is 4.80. The SMILES string of the molecule is COc1ccc(CCNc2ncnc(Oc3ccccc3OC)c2N)cc1OC. The first-order valence-corrected chi connectivity index (χ1v) is 9.02. The van der Waals surface area contributed by atoms with E-state index in [1.165, 1.54) is 6.33 Å². The molecule has 0 bridgehead atoms. The molecule has 0 aliphatic heterocycles. The quantitative estimate of drug-likeness (QED) is 0.566. The topological polar surface area (TPSA) is 101 Å². The van der Waals surface area contributed by atoms with Gasteiger partial charge in [0, 0.05) is 6.54 Å². The molecule has 0 fully saturated rings. The second-order valence-electron chi connectivity index (χ2n) is 6.06. The van der Waals surface area contributed by atoms with Gasteiger partial charge in [0.1, 0.15) is 12.0 Å². The summed E-state index contributed by atoms with van der Waals surface area (Å²) in [4.78, 5) is 8.35. The number of aromatic nitrogens is 2. The summed E-state index contributed by atoms with van der Waals surface area (Å²) >= 11 is 0. The summed E-state index contributed by atoms with van der Waals surface area (Å²) in [6, 6.07) is 13.1. The molecule has 2 aromatic carbocycles. The number of nitrogens with two attached hydrogens (primary N) is 1. The Morgan fingerprint density at radius 3 is 2.28 bits per heavy atom. The highest BCUT2D eigenvalue weighted by Crippen LogP contribution is 2.34. The Morgan fingerprint density at radius 1 is 0.862 bits per heavy atom. The zero-order valence-electron chi connectivity index (χ0n) is 16.6. The van der Waals surface area contributed by atoms with Crippen molar-refractivity contribution in [2.45, 2.75) is 6.42 Å². The van der Waals surface area contributed by atoms with Gasteiger partial charge in [-0.05, 0) is 36.2 Å². The van der Waals surface area contributed by atoms with Crippen LogP contribution in [0.3, 0.4) is 0 Å². The van der Waals surface area contributed by atoms with Crippen molar-refractivity contribution in [3.8, 4) is 28.9 Å². The Hall–Kier alpha value is -3.68. The van der Waals surface area contributed by atoms with Crippen LogP contribution in [0.15, 0.2) is 48.8 Å². The van der Waals surface area contributed by atoms with Crippen LogP contribution < -0.4 is 30.0 Å². The van der Waals surface area contributed by atoms with Crippen LogP contribution in [-0.2, 0) is 6.42 Å². The molecule has 152 valence electrons. The third-order valence-electron chi connectivity index (χ3n) is 4.28. The van der Waals surface area contributed by atoms with Gasteiger partial charge in [0.25, 0.3) is 0 Å². The van der Waals surface area contributed by atoms with Crippen molar-refractivity contribution < 1.29 is 18.9 Å². The van der Waals surface area contributed by atoms with Crippen LogP contribution in [0.1, 0.15) is 5.56 Å². The number of nitrogen functional groups attached to an aromatic ring is 1. The van der Waals surface area contributed by atoms with Crippen LogP contribution in [0.2, 0.25) is 0 Å². The number of benzene rings is 2. The normalized spacial score (nSPS) is 10.3. The van der Waals surface area contributed by atoms with Gasteiger partial charge in [-0.1, -0.05) is 18.2 Å². The highest BCUT2D eigenvalue weighted by molar-refractivity contribution is 5.67. The Bertz CT molecular complexity index is 965. The van der Waals surface area contributed by atoms with Crippen molar-refractivity contribution >= 4 is 11.5 Å². The summed E-state index contributed by atoms with van der Waals surface area (Å²) in [5, 5.41) is 3.22. The van der Waals surface area contributed by atoms with E-state index < -0.39 is 0 Å². The minimum Gasteiger partial charge on any atom is -0.493 e. The lowest BCUT2D eigenvalue weighted by molar-refractivity contribution is 0.354. The maximum Gasteiger partial charge on any atom is 0.248 e. The monoisotopic (exact) mass is 396 g/mol. The molecule has 3 aromatic rings. The van der Waals surface area contributed by atoms with Crippen molar-refractivity contribution in [3.63, 3.8) is 0 Å². The minimum absolute atomic E-state index is 0.262. The molecule has 0 aliphatic rings. The molecule has 3 rings (SSSR count). The van der Waals surface area contributed by atoms with Gasteiger partial charge in [-0.2, -0.15) is 4.98 Å². The number of rotatable bonds is 9. The minimum atomic E-state index is 0.262. The van der Waals surface area contributed by atoms with Crippen molar-refractivity contribution in [1.29, 1.82) is 0 Å². The number of hydrogen-bond donors (Lipinski definition) is 2. The lowest BCUT2D eigenvalue weighted by atomic mass is 10.1. The molecule has 1 aromatic heterocycles. The zero-order chi connectivity index (χ0) is 20.6. The van der Waals surface area contributed by atoms with Gasteiger partial charge < -0.3 is 30.0 Å². The number of hydrogen-bond acceptors (Lipinski definition) is 8. The molecule has 0 spiro atoms. The van der Waals surface area contributed by atoms with Gasteiger partial charge in [0.15, 0.2) is 28.8 Å². The van der Waals surface area contributed by atoms with Gasteiger partial charge in [-0.15, -0.1) is 0 Å². The fourth-order valence-electron chi connectivity index (χ4n) is 2.77. The molecule has 0 aliphatic carbocycles. The highest BCUT2D eigenvalue weighted by Gasteiger charge is 2.13. The molecule has 8 heteroatoms. The second kappa shape index (κ2) is 9.50.